The minimum Gasteiger partial charge on any atom is -0.458 e. The molecular formula is C19H26O6. The molecule has 3 aliphatic rings. The summed E-state index contributed by atoms with van der Waals surface area (Å²) in [7, 11) is 0. The molecule has 25 heavy (non-hydrogen) atoms. The van der Waals surface area contributed by atoms with Crippen molar-refractivity contribution in [2.75, 3.05) is 0 Å². The van der Waals surface area contributed by atoms with E-state index in [1.165, 1.54) is 0 Å². The molecule has 0 bridgehead atoms. The number of hydrogen-bond donors (Lipinski definition) is 1. The van der Waals surface area contributed by atoms with E-state index >= 15 is 0 Å². The molecule has 1 aliphatic carbocycles. The molecule has 2 fully saturated rings. The van der Waals surface area contributed by atoms with Gasteiger partial charge in [-0.05, 0) is 32.8 Å². The van der Waals surface area contributed by atoms with Gasteiger partial charge >= 0.3 is 11.9 Å². The highest BCUT2D eigenvalue weighted by atomic mass is 16.6. The van der Waals surface area contributed by atoms with Gasteiger partial charge in [-0.2, -0.15) is 0 Å². The van der Waals surface area contributed by atoms with E-state index in [1.807, 2.05) is 19.9 Å². The van der Waals surface area contributed by atoms with Crippen molar-refractivity contribution in [3.05, 3.63) is 23.8 Å². The van der Waals surface area contributed by atoms with Gasteiger partial charge in [0, 0.05) is 5.57 Å². The molecular weight excluding hydrogens is 324 g/mol. The van der Waals surface area contributed by atoms with Crippen molar-refractivity contribution in [3.8, 4) is 0 Å². The van der Waals surface area contributed by atoms with Crippen molar-refractivity contribution in [2.24, 2.45) is 11.8 Å². The molecule has 138 valence electrons. The largest absolute Gasteiger partial charge is 0.458 e. The van der Waals surface area contributed by atoms with E-state index in [0.29, 0.717) is 0 Å². The third-order valence-corrected chi connectivity index (χ3v) is 5.47. The first-order valence-corrected chi connectivity index (χ1v) is 8.78. The van der Waals surface area contributed by atoms with Crippen molar-refractivity contribution < 1.29 is 28.9 Å². The van der Waals surface area contributed by atoms with E-state index in [9.17, 15) is 14.7 Å². The Kier molecular flexibility index (Phi) is 4.54. The monoisotopic (exact) mass is 350 g/mol. The molecule has 2 heterocycles. The van der Waals surface area contributed by atoms with E-state index in [-0.39, 0.29) is 17.6 Å². The Morgan fingerprint density at radius 2 is 2.16 bits per heavy atom. The van der Waals surface area contributed by atoms with Crippen molar-refractivity contribution in [2.45, 2.75) is 70.6 Å². The number of carbonyl (C=O) groups is 2. The number of hydrogen-bond acceptors (Lipinski definition) is 6. The zero-order valence-electron chi connectivity index (χ0n) is 15.2. The second-order valence-electron chi connectivity index (χ2n) is 7.76. The predicted molar refractivity (Wildman–Crippen MR) is 89.5 cm³/mol. The van der Waals surface area contributed by atoms with Crippen LogP contribution in [0.4, 0.5) is 0 Å². The maximum absolute atomic E-state index is 12.2. The highest BCUT2D eigenvalue weighted by molar-refractivity contribution is 5.91. The van der Waals surface area contributed by atoms with Crippen LogP contribution in [0.25, 0.3) is 0 Å². The molecule has 6 heteroatoms. The molecule has 0 spiro atoms. The molecule has 0 saturated carbocycles. The van der Waals surface area contributed by atoms with Crippen LogP contribution in [0.2, 0.25) is 0 Å². The standard InChI is InChI=1S/C19H26O6/c1-9(2)17(21)24-15-14-11(4)18(22)23-12(14)8-10(3)6-7-13-19(5,25-13)16(15)20/h8-9,12-16,20H,4,6-7H2,1-3,5H3/b10-8+/t12-,13-,14+,15+,16+,19-/m1/s1. The van der Waals surface area contributed by atoms with Crippen LogP contribution in [0.1, 0.15) is 40.5 Å². The minimum atomic E-state index is -1.06. The van der Waals surface area contributed by atoms with E-state index in [2.05, 4.69) is 6.58 Å². The number of esters is 2. The molecule has 2 saturated heterocycles. The van der Waals surface area contributed by atoms with Gasteiger partial charge < -0.3 is 19.3 Å². The fourth-order valence-corrected chi connectivity index (χ4v) is 3.66. The zero-order valence-corrected chi connectivity index (χ0v) is 15.2. The molecule has 0 aromatic carbocycles. The molecule has 3 rings (SSSR count). The highest BCUT2D eigenvalue weighted by Crippen LogP contribution is 2.48. The Bertz CT molecular complexity index is 636. The van der Waals surface area contributed by atoms with Crippen LogP contribution in [0.5, 0.6) is 0 Å². The topological polar surface area (TPSA) is 85.4 Å². The zero-order chi connectivity index (χ0) is 18.5. The second kappa shape index (κ2) is 6.25. The third-order valence-electron chi connectivity index (χ3n) is 5.47. The van der Waals surface area contributed by atoms with Crippen LogP contribution >= 0.6 is 0 Å². The molecule has 0 unspecified atom stereocenters. The number of fused-ring (bicyclic) bond motifs is 2. The summed E-state index contributed by atoms with van der Waals surface area (Å²) in [5.41, 5.74) is 0.493. The summed E-state index contributed by atoms with van der Waals surface area (Å²) in [6.45, 7) is 11.1. The maximum atomic E-state index is 12.2. The first kappa shape index (κ1) is 18.1. The number of aliphatic hydroxyl groups excluding tert-OH is 1. The number of allylic oxidation sites excluding steroid dienone is 1. The minimum absolute atomic E-state index is 0.103. The summed E-state index contributed by atoms with van der Waals surface area (Å²) in [5.74, 6) is -1.93. The summed E-state index contributed by atoms with van der Waals surface area (Å²) in [4.78, 5) is 24.3. The first-order chi connectivity index (χ1) is 11.6. The van der Waals surface area contributed by atoms with Gasteiger partial charge in [0.15, 0.2) is 0 Å². The van der Waals surface area contributed by atoms with E-state index < -0.39 is 41.8 Å². The third kappa shape index (κ3) is 3.13. The van der Waals surface area contributed by atoms with Gasteiger partial charge in [0.1, 0.15) is 23.9 Å². The molecule has 0 radical (unpaired) electrons. The van der Waals surface area contributed by atoms with Crippen LogP contribution in [0.3, 0.4) is 0 Å². The van der Waals surface area contributed by atoms with Crippen molar-refractivity contribution in [3.63, 3.8) is 0 Å². The number of carbonyl (C=O) groups excluding carboxylic acids is 2. The summed E-state index contributed by atoms with van der Waals surface area (Å²) in [5, 5.41) is 11.0. The normalized spacial score (nSPS) is 42.8. The molecule has 2 aliphatic heterocycles. The number of ether oxygens (including phenoxy) is 3. The van der Waals surface area contributed by atoms with Gasteiger partial charge in [0.05, 0.1) is 17.9 Å². The van der Waals surface area contributed by atoms with Crippen LogP contribution in [-0.2, 0) is 23.8 Å². The quantitative estimate of drug-likeness (QED) is 0.354. The van der Waals surface area contributed by atoms with Gasteiger partial charge in [-0.1, -0.05) is 26.0 Å². The Balaban J connectivity index is 2.01. The smallest absolute Gasteiger partial charge is 0.334 e. The summed E-state index contributed by atoms with van der Waals surface area (Å²) in [6, 6.07) is 0. The van der Waals surface area contributed by atoms with Gasteiger partial charge in [-0.15, -0.1) is 0 Å². The predicted octanol–water partition coefficient (Wildman–Crippen LogP) is 1.91. The van der Waals surface area contributed by atoms with Gasteiger partial charge in [-0.25, -0.2) is 4.79 Å². The lowest BCUT2D eigenvalue weighted by atomic mass is 9.80. The lowest BCUT2D eigenvalue weighted by molar-refractivity contribution is -0.166. The lowest BCUT2D eigenvalue weighted by Crippen LogP contribution is -2.49. The molecule has 0 aromatic rings. The summed E-state index contributed by atoms with van der Waals surface area (Å²) < 4.78 is 16.8. The van der Waals surface area contributed by atoms with Crippen LogP contribution in [0.15, 0.2) is 23.8 Å². The SMILES string of the molecule is C=C1C(=O)O[C@@H]2/C=C(\C)CC[C@H]3O[C@@]3(C)[C@@H](O)[C@@H](OC(=O)C(C)C)[C@@H]12. The van der Waals surface area contributed by atoms with E-state index in [1.54, 1.807) is 13.8 Å². The van der Waals surface area contributed by atoms with Crippen LogP contribution in [-0.4, -0.2) is 47.1 Å². The highest BCUT2D eigenvalue weighted by Gasteiger charge is 2.62. The fraction of sp³-hybridized carbons (Fsp3) is 0.684. The van der Waals surface area contributed by atoms with Crippen molar-refractivity contribution >= 4 is 11.9 Å². The Hall–Kier alpha value is -1.66. The molecule has 1 N–H and O–H groups in total. The number of aliphatic hydroxyl groups is 1. The lowest BCUT2D eigenvalue weighted by Gasteiger charge is -2.33. The Morgan fingerprint density at radius 1 is 1.48 bits per heavy atom. The second-order valence-corrected chi connectivity index (χ2v) is 7.76. The Morgan fingerprint density at radius 3 is 2.80 bits per heavy atom. The van der Waals surface area contributed by atoms with E-state index in [4.69, 9.17) is 14.2 Å². The van der Waals surface area contributed by atoms with Crippen LogP contribution < -0.4 is 0 Å². The maximum Gasteiger partial charge on any atom is 0.334 e. The van der Waals surface area contributed by atoms with Crippen molar-refractivity contribution in [1.82, 2.24) is 0 Å². The molecule has 6 atom stereocenters. The number of epoxide rings is 1. The van der Waals surface area contributed by atoms with Gasteiger partial charge in [0.25, 0.3) is 0 Å². The Labute approximate surface area is 147 Å². The fourth-order valence-electron chi connectivity index (χ4n) is 3.66. The van der Waals surface area contributed by atoms with Crippen molar-refractivity contribution in [1.29, 1.82) is 0 Å². The molecule has 0 aromatic heterocycles. The molecule has 0 amide bonds. The van der Waals surface area contributed by atoms with Gasteiger partial charge in [-0.3, -0.25) is 4.79 Å². The van der Waals surface area contributed by atoms with Crippen LogP contribution in [0, 0.1) is 11.8 Å². The number of rotatable bonds is 2. The van der Waals surface area contributed by atoms with E-state index in [0.717, 1.165) is 18.4 Å². The average Bonchev–Trinajstić information content (AvgIpc) is 3.13. The first-order valence-electron chi connectivity index (χ1n) is 8.78. The van der Waals surface area contributed by atoms with Gasteiger partial charge in [0.2, 0.25) is 0 Å². The summed E-state index contributed by atoms with van der Waals surface area (Å²) >= 11 is 0. The molecule has 6 nitrogen and oxygen atoms in total. The summed E-state index contributed by atoms with van der Waals surface area (Å²) in [6.07, 6.45) is 0.701. The average molecular weight is 350 g/mol.